The zero-order chi connectivity index (χ0) is 51.2. The molecule has 4 aromatic heterocycles. The van der Waals surface area contributed by atoms with Crippen molar-refractivity contribution in [2.45, 2.75) is 96.6 Å². The molecule has 1 amide bonds. The molecule has 0 unspecified atom stereocenters. The van der Waals surface area contributed by atoms with E-state index in [1.807, 2.05) is 0 Å². The number of carboxylic acids is 1. The average Bonchev–Trinajstić information content (AvgIpc) is 4.21. The van der Waals surface area contributed by atoms with Crippen molar-refractivity contribution >= 4 is 51.2 Å². The number of amides is 1. The van der Waals surface area contributed by atoms with Crippen molar-refractivity contribution in [2.75, 3.05) is 11.9 Å². The van der Waals surface area contributed by atoms with Crippen LogP contribution in [0.2, 0.25) is 0 Å². The largest absolute Gasteiger partial charge is 0.480 e. The molecule has 3 aliphatic carbocycles. The number of Topliss-reactive ketones (excluding diaryl/α,β-unsaturated/α-hetero) is 1. The van der Waals surface area contributed by atoms with Crippen molar-refractivity contribution in [3.8, 4) is 17.2 Å². The normalized spacial score (nSPS) is 12.9. The van der Waals surface area contributed by atoms with Crippen molar-refractivity contribution in [2.24, 2.45) is 5.73 Å². The van der Waals surface area contributed by atoms with Gasteiger partial charge in [0, 0.05) is 58.2 Å². The van der Waals surface area contributed by atoms with Gasteiger partial charge in [-0.05, 0) is 123 Å². The van der Waals surface area contributed by atoms with E-state index in [0.29, 0.717) is 51.7 Å². The lowest BCUT2D eigenvalue weighted by Gasteiger charge is -2.20. The van der Waals surface area contributed by atoms with Crippen molar-refractivity contribution < 1.29 is 42.2 Å². The highest BCUT2D eigenvalue weighted by atomic mass is 79.9. The first-order valence-electron chi connectivity index (χ1n) is 22.5. The molecule has 21 heteroatoms. The highest BCUT2D eigenvalue weighted by Crippen LogP contribution is 2.35. The number of ketones is 1. The predicted molar refractivity (Wildman–Crippen MR) is 255 cm³/mol. The smallest absolute Gasteiger partial charge is 0.327 e. The number of fused-ring (bicyclic) bond motifs is 3. The zero-order valence-corrected chi connectivity index (χ0v) is 40.1. The lowest BCUT2D eigenvalue weighted by atomic mass is 9.86. The van der Waals surface area contributed by atoms with E-state index in [-0.39, 0.29) is 43.2 Å². The molecule has 9 rings (SSSR count). The zero-order valence-electron chi connectivity index (χ0n) is 38.5. The predicted octanol–water partition coefficient (Wildman–Crippen LogP) is 8.21. The molecule has 0 saturated carbocycles. The molecule has 1 atom stereocenters. The van der Waals surface area contributed by atoms with Gasteiger partial charge in [0.25, 0.3) is 17.5 Å². The van der Waals surface area contributed by atoms with Crippen LogP contribution in [0.1, 0.15) is 99.6 Å². The van der Waals surface area contributed by atoms with Gasteiger partial charge in [-0.3, -0.25) is 28.8 Å². The summed E-state index contributed by atoms with van der Waals surface area (Å²) in [6, 6.07) is 12.5. The number of aliphatic carboxylic acids is 1. The lowest BCUT2D eigenvalue weighted by molar-refractivity contribution is -0.140. The lowest BCUT2D eigenvalue weighted by Crippen LogP contribution is -2.19. The molecule has 71 heavy (non-hydrogen) atoms. The number of nitrogens with zero attached hydrogens (tertiary/aromatic N) is 9. The Morgan fingerprint density at radius 1 is 0.901 bits per heavy atom. The molecule has 0 aliphatic heterocycles. The average molecular weight is 1030 g/mol. The van der Waals surface area contributed by atoms with Crippen LogP contribution in [0.4, 0.5) is 24.8 Å². The Hall–Kier alpha value is -7.96. The number of hydrogen-bond donors (Lipinski definition) is 3. The molecule has 0 spiro atoms. The van der Waals surface area contributed by atoms with Crippen LogP contribution >= 0.6 is 15.9 Å². The number of pyridine rings is 1. The van der Waals surface area contributed by atoms with Crippen LogP contribution in [0.25, 0.3) is 20.8 Å². The number of esters is 1. The standard InChI is InChI=1S/C30H24F3N5O2.C9H9N3O2.C7H7N3.C4H7BrO2/c31-20-10-17(11-21(32)14-20)9-19(12-22(39)16-38-28-5-1-3-24(28)27(15-34)37-38)29-23(4-2-8-36-29)18-6-7-26(33)25(13-18)30(35)40;1-10-9-6-3-2-4-7(6)12(11-9)5-8(13)14;1-8-7-5-3-2-4-6(5)9-10-7;1-2-7-4(6)3-5/h2,4,6-8,10-11,13-14,19H,1,3,5,9,12,16H2,(H2,35,40);2-5H2,(H,13,14);2-4H2,(H,9,10);2-3H2,1H3/t19-;;;/m1.../s1. The molecule has 6 aromatic rings. The molecule has 0 fully saturated rings. The molecule has 2 aromatic carbocycles. The van der Waals surface area contributed by atoms with Crippen LogP contribution in [0, 0.1) is 41.9 Å². The fourth-order valence-electron chi connectivity index (χ4n) is 8.81. The number of primary amides is 1. The Balaban J connectivity index is 0.000000212. The van der Waals surface area contributed by atoms with E-state index < -0.39 is 35.2 Å². The number of aromatic amines is 1. The van der Waals surface area contributed by atoms with Gasteiger partial charge in [0.1, 0.15) is 28.9 Å². The molecule has 0 radical (unpaired) electrons. The summed E-state index contributed by atoms with van der Waals surface area (Å²) in [6.45, 7) is 15.7. The van der Waals surface area contributed by atoms with Crippen molar-refractivity contribution in [1.82, 2.24) is 34.7 Å². The number of carboxylic acid groups (broad SMARTS) is 1. The Labute approximate surface area is 414 Å². The van der Waals surface area contributed by atoms with Gasteiger partial charge in [0.2, 0.25) is 0 Å². The SMILES string of the molecule is CCOC(=O)CBr.N#Cc1nn(CC(=O)C[C@@H](Cc2cc(F)cc(F)c2)c2ncccc2-c2ccc(F)c(C(N)=O)c2)c2c1CCC2.[C-]#[N+]c1n[nH]c2c1CCC2.[C-]#[N+]c1nn(CC(=O)O)c2c1CCC2. The number of nitrogens with one attached hydrogen (secondary N) is 1. The van der Waals surface area contributed by atoms with Gasteiger partial charge in [0.05, 0.1) is 30.1 Å². The van der Waals surface area contributed by atoms with Crippen LogP contribution < -0.4 is 5.73 Å². The Bertz CT molecular complexity index is 3070. The number of carbonyl (C=O) groups excluding carboxylic acids is 3. The molecule has 0 bridgehead atoms. The van der Waals surface area contributed by atoms with Gasteiger partial charge in [-0.25, -0.2) is 18.3 Å². The summed E-state index contributed by atoms with van der Waals surface area (Å²) >= 11 is 2.94. The number of ether oxygens (including phenoxy) is 1. The molecule has 3 aliphatic rings. The highest BCUT2D eigenvalue weighted by molar-refractivity contribution is 9.09. The minimum absolute atomic E-state index is 0.0530. The second-order valence-electron chi connectivity index (χ2n) is 16.5. The number of aromatic nitrogens is 7. The minimum atomic E-state index is -0.935. The number of halogens is 4. The third kappa shape index (κ3) is 13.2. The summed E-state index contributed by atoms with van der Waals surface area (Å²) in [5.74, 6) is -4.22. The number of rotatable bonds is 13. The van der Waals surface area contributed by atoms with Crippen molar-refractivity contribution in [1.29, 1.82) is 5.26 Å². The first-order chi connectivity index (χ1) is 34.2. The molecule has 366 valence electrons. The van der Waals surface area contributed by atoms with Crippen LogP contribution in [0.3, 0.4) is 0 Å². The maximum Gasteiger partial charge on any atom is 0.327 e. The molecule has 0 saturated heterocycles. The minimum Gasteiger partial charge on any atom is -0.480 e. The first kappa shape index (κ1) is 52.4. The fourth-order valence-corrected chi connectivity index (χ4v) is 8.98. The topological polar surface area (TPSA) is 233 Å². The van der Waals surface area contributed by atoms with E-state index in [9.17, 15) is 37.6 Å². The number of hydrogen-bond acceptors (Lipinski definition) is 10. The third-order valence-corrected chi connectivity index (χ3v) is 12.2. The summed E-state index contributed by atoms with van der Waals surface area (Å²) < 4.78 is 49.8. The van der Waals surface area contributed by atoms with E-state index in [1.165, 1.54) is 47.3 Å². The van der Waals surface area contributed by atoms with E-state index in [0.717, 1.165) is 91.6 Å². The summed E-state index contributed by atoms with van der Waals surface area (Å²) in [5, 5.41) is 33.4. The van der Waals surface area contributed by atoms with Crippen molar-refractivity contribution in [3.05, 3.63) is 151 Å². The van der Waals surface area contributed by atoms with Crippen LogP contribution in [-0.2, 0) is 77.2 Å². The quantitative estimate of drug-likeness (QED) is 0.0567. The molecular weight excluding hydrogens is 988 g/mol. The molecule has 4 heterocycles. The van der Waals surface area contributed by atoms with Crippen molar-refractivity contribution in [3.63, 3.8) is 0 Å². The van der Waals surface area contributed by atoms with Crippen LogP contribution in [0.15, 0.2) is 54.7 Å². The van der Waals surface area contributed by atoms with E-state index >= 15 is 0 Å². The third-order valence-electron chi connectivity index (χ3n) is 11.8. The number of nitrogens with two attached hydrogens (primary N) is 1. The van der Waals surface area contributed by atoms with Gasteiger partial charge in [-0.15, -0.1) is 0 Å². The number of benzene rings is 2. The number of carbonyl (C=O) groups is 4. The Morgan fingerprint density at radius 3 is 2.20 bits per heavy atom. The summed E-state index contributed by atoms with van der Waals surface area (Å²) in [7, 11) is 0. The van der Waals surface area contributed by atoms with Crippen LogP contribution in [-0.4, -0.2) is 75.4 Å². The van der Waals surface area contributed by atoms with E-state index in [4.69, 9.17) is 24.0 Å². The summed E-state index contributed by atoms with van der Waals surface area (Å²) in [6.07, 6.45) is 9.85. The molecule has 4 N–H and O–H groups in total. The van der Waals surface area contributed by atoms with E-state index in [2.05, 4.69) is 61.8 Å². The first-order valence-corrected chi connectivity index (χ1v) is 23.6. The van der Waals surface area contributed by atoms with Gasteiger partial charge in [-0.2, -0.15) is 15.0 Å². The van der Waals surface area contributed by atoms with Gasteiger partial charge in [0.15, 0.2) is 18.0 Å². The Kier molecular flexibility index (Phi) is 18.1. The maximum absolute atomic E-state index is 14.2. The molecular formula is C50H47BrF3N11O6. The second-order valence-corrected chi connectivity index (χ2v) is 17.0. The highest BCUT2D eigenvalue weighted by Gasteiger charge is 2.28. The van der Waals surface area contributed by atoms with Gasteiger partial charge < -0.3 is 25.3 Å². The van der Waals surface area contributed by atoms with E-state index in [1.54, 1.807) is 23.7 Å². The van der Waals surface area contributed by atoms with Gasteiger partial charge >= 0.3 is 11.9 Å². The number of aryl methyl sites for hydroxylation is 1. The fraction of sp³-hybridized carbons (Fsp3) is 0.340. The second kappa shape index (κ2) is 24.5. The number of alkyl halides is 1. The summed E-state index contributed by atoms with van der Waals surface area (Å²) in [4.78, 5) is 57.0. The number of H-pyrrole nitrogens is 1. The van der Waals surface area contributed by atoms with Crippen LogP contribution in [0.5, 0.6) is 0 Å². The number of nitriles is 1. The van der Waals surface area contributed by atoms with Gasteiger partial charge in [-0.1, -0.05) is 41.2 Å². The monoisotopic (exact) mass is 1030 g/mol. The molecule has 17 nitrogen and oxygen atoms in total. The summed E-state index contributed by atoms with van der Waals surface area (Å²) in [5.41, 5.74) is 13.0. The Morgan fingerprint density at radius 2 is 1.56 bits per heavy atom. The maximum atomic E-state index is 14.2.